The lowest BCUT2D eigenvalue weighted by Gasteiger charge is -2.40. The van der Waals surface area contributed by atoms with Gasteiger partial charge in [-0.2, -0.15) is 31.4 Å². The second-order valence-electron chi connectivity index (χ2n) is 12.0. The van der Waals surface area contributed by atoms with E-state index in [2.05, 4.69) is 5.10 Å². The molecule has 8 nitrogen and oxygen atoms in total. The van der Waals surface area contributed by atoms with Crippen LogP contribution in [0.2, 0.25) is 0 Å². The third-order valence-electron chi connectivity index (χ3n) is 8.63. The molecule has 1 aliphatic heterocycles. The molecule has 0 spiro atoms. The van der Waals surface area contributed by atoms with Crippen LogP contribution in [0.5, 0.6) is 0 Å². The van der Waals surface area contributed by atoms with Crippen molar-refractivity contribution in [3.8, 4) is 0 Å². The lowest BCUT2D eigenvalue weighted by atomic mass is 9.76. The summed E-state index contributed by atoms with van der Waals surface area (Å²) >= 11 is 0. The van der Waals surface area contributed by atoms with Gasteiger partial charge in [0.15, 0.2) is 5.54 Å². The van der Waals surface area contributed by atoms with E-state index in [4.69, 9.17) is 0 Å². The van der Waals surface area contributed by atoms with Crippen LogP contribution in [0.4, 0.5) is 26.3 Å². The van der Waals surface area contributed by atoms with Gasteiger partial charge in [0.25, 0.3) is 11.8 Å². The Bertz CT molecular complexity index is 1590. The monoisotopic (exact) mass is 660 g/mol. The number of carbonyl (C=O) groups excluding carboxylic acids is 2. The molecular weight excluding hydrogens is 626 g/mol. The van der Waals surface area contributed by atoms with Gasteiger partial charge in [0.05, 0.1) is 11.4 Å². The maximum atomic E-state index is 15.1. The van der Waals surface area contributed by atoms with Crippen molar-refractivity contribution >= 4 is 27.4 Å². The van der Waals surface area contributed by atoms with Gasteiger partial charge in [-0.15, -0.1) is 0 Å². The topological polar surface area (TPSA) is 110 Å². The van der Waals surface area contributed by atoms with E-state index in [0.717, 1.165) is 42.8 Å². The Kier molecular flexibility index (Phi) is 9.13. The fourth-order valence-electron chi connectivity index (χ4n) is 6.01. The third kappa shape index (κ3) is 7.39. The first-order chi connectivity index (χ1) is 21.1. The van der Waals surface area contributed by atoms with Crippen molar-refractivity contribution in [2.24, 2.45) is 0 Å². The lowest BCUT2D eigenvalue weighted by Crippen LogP contribution is -2.59. The molecule has 1 atom stereocenters. The molecule has 1 fully saturated rings. The number of aromatic nitrogens is 2. The summed E-state index contributed by atoms with van der Waals surface area (Å²) in [5, 5.41) is 5.21. The number of carbonyl (C=O) groups is 2. The molecule has 246 valence electrons. The Morgan fingerprint density at radius 3 is 2.38 bits per heavy atom. The van der Waals surface area contributed by atoms with Gasteiger partial charge < -0.3 is 5.32 Å². The number of aryl methyl sites for hydroxylation is 3. The lowest BCUT2D eigenvalue weighted by molar-refractivity contribution is -0.202. The summed E-state index contributed by atoms with van der Waals surface area (Å²) in [5.41, 5.74) is -2.16. The molecule has 3 aliphatic rings. The largest absolute Gasteiger partial charge is 0.416 e. The Labute approximate surface area is 256 Å². The van der Waals surface area contributed by atoms with Crippen molar-refractivity contribution in [2.75, 3.05) is 0 Å². The standard InChI is InChI=1S/C30H34F6N4O4S/c31-29(32,33)13-5-1-2-6-14-40-18-22(17-37-40)28(30(34,35)36)16-24(21-10-9-19-7-3-4-8-20(19)15-21)25(26(41)38-28)27(42)39-45(43,44)23-11-12-23/h9-10,15,17-18,23H,1-8,11-14,16H2,(H,38,41)(H,39,42). The first-order valence-corrected chi connectivity index (χ1v) is 16.5. The summed E-state index contributed by atoms with van der Waals surface area (Å²) in [4.78, 5) is 26.8. The Balaban J connectivity index is 1.47. The molecule has 2 aromatic rings. The number of fused-ring (bicyclic) bond motifs is 1. The van der Waals surface area contributed by atoms with Crippen LogP contribution in [-0.2, 0) is 44.5 Å². The second-order valence-corrected chi connectivity index (χ2v) is 14.0. The van der Waals surface area contributed by atoms with Gasteiger partial charge in [-0.1, -0.05) is 31.0 Å². The number of nitrogens with one attached hydrogen (secondary N) is 2. The number of nitrogens with zero attached hydrogens (tertiary/aromatic N) is 2. The van der Waals surface area contributed by atoms with E-state index in [1.807, 2.05) is 10.0 Å². The van der Waals surface area contributed by atoms with Crippen LogP contribution in [0, 0.1) is 0 Å². The molecule has 15 heteroatoms. The normalized spacial score (nSPS) is 21.0. The number of benzene rings is 1. The average molecular weight is 661 g/mol. The van der Waals surface area contributed by atoms with Crippen molar-refractivity contribution in [2.45, 2.75) is 107 Å². The molecule has 45 heavy (non-hydrogen) atoms. The van der Waals surface area contributed by atoms with Crippen LogP contribution in [0.1, 0.15) is 86.5 Å². The van der Waals surface area contributed by atoms with Gasteiger partial charge in [0.2, 0.25) is 10.0 Å². The minimum absolute atomic E-state index is 0.0489. The maximum absolute atomic E-state index is 15.1. The highest BCUT2D eigenvalue weighted by Crippen LogP contribution is 2.48. The van der Waals surface area contributed by atoms with Gasteiger partial charge in [-0.25, -0.2) is 13.1 Å². The van der Waals surface area contributed by atoms with Crippen LogP contribution in [0.15, 0.2) is 36.2 Å². The minimum Gasteiger partial charge on any atom is -0.334 e. The molecule has 0 saturated heterocycles. The highest BCUT2D eigenvalue weighted by atomic mass is 32.2. The first-order valence-electron chi connectivity index (χ1n) is 15.0. The summed E-state index contributed by atoms with van der Waals surface area (Å²) in [6, 6.07) is 5.00. The van der Waals surface area contributed by atoms with E-state index in [1.54, 1.807) is 18.2 Å². The van der Waals surface area contributed by atoms with Gasteiger partial charge in [0, 0.05) is 31.1 Å². The highest BCUT2D eigenvalue weighted by Gasteiger charge is 2.61. The summed E-state index contributed by atoms with van der Waals surface area (Å²) < 4.78 is 111. The highest BCUT2D eigenvalue weighted by molar-refractivity contribution is 7.91. The smallest absolute Gasteiger partial charge is 0.334 e. The van der Waals surface area contributed by atoms with Crippen molar-refractivity contribution in [1.29, 1.82) is 0 Å². The molecule has 0 bridgehead atoms. The Hall–Kier alpha value is -3.36. The van der Waals surface area contributed by atoms with Gasteiger partial charge in [0.1, 0.15) is 5.57 Å². The predicted octanol–water partition coefficient (Wildman–Crippen LogP) is 5.61. The molecule has 5 rings (SSSR count). The fourth-order valence-corrected chi connectivity index (χ4v) is 7.29. The number of unbranched alkanes of at least 4 members (excludes halogenated alkanes) is 3. The van der Waals surface area contributed by atoms with E-state index < -0.39 is 63.4 Å². The number of sulfonamides is 1. The Morgan fingerprint density at radius 2 is 1.71 bits per heavy atom. The second kappa shape index (κ2) is 12.4. The number of hydrogen-bond acceptors (Lipinski definition) is 5. The van der Waals surface area contributed by atoms with Crippen LogP contribution >= 0.6 is 0 Å². The van der Waals surface area contributed by atoms with Gasteiger partial charge in [-0.05, 0) is 73.6 Å². The molecule has 0 radical (unpaired) electrons. The molecule has 2 amide bonds. The van der Waals surface area contributed by atoms with Crippen LogP contribution in [-0.4, -0.2) is 47.6 Å². The number of hydrogen-bond donors (Lipinski definition) is 2. The van der Waals surface area contributed by atoms with E-state index in [9.17, 15) is 31.2 Å². The van der Waals surface area contributed by atoms with Crippen LogP contribution in [0.3, 0.4) is 0 Å². The van der Waals surface area contributed by atoms with Crippen molar-refractivity contribution in [3.05, 3.63) is 58.4 Å². The fraction of sp³-hybridized carbons (Fsp3) is 0.567. The zero-order valence-corrected chi connectivity index (χ0v) is 25.2. The van der Waals surface area contributed by atoms with Crippen LogP contribution < -0.4 is 10.0 Å². The van der Waals surface area contributed by atoms with Gasteiger partial charge in [-0.3, -0.25) is 14.3 Å². The SMILES string of the molecule is O=C1NC(c2cnn(CCCCCCC(F)(F)F)c2)(C(F)(F)F)CC(c2ccc3c(c2)CCCC3)=C1C(=O)NS(=O)(=O)C1CC1. The van der Waals surface area contributed by atoms with E-state index >= 15 is 13.2 Å². The van der Waals surface area contributed by atoms with E-state index in [-0.39, 0.29) is 29.7 Å². The molecule has 2 N–H and O–H groups in total. The maximum Gasteiger partial charge on any atom is 0.416 e. The zero-order valence-electron chi connectivity index (χ0n) is 24.4. The number of alkyl halides is 6. The van der Waals surface area contributed by atoms with Crippen LogP contribution in [0.25, 0.3) is 5.57 Å². The summed E-state index contributed by atoms with van der Waals surface area (Å²) in [5.74, 6) is -2.66. The molecule has 2 heterocycles. The van der Waals surface area contributed by atoms with Gasteiger partial charge >= 0.3 is 12.4 Å². The molecular formula is C30H34F6N4O4S. The quantitative estimate of drug-likeness (QED) is 0.185. The first kappa shape index (κ1) is 33.0. The van der Waals surface area contributed by atoms with Crippen molar-refractivity contribution in [1.82, 2.24) is 19.8 Å². The zero-order chi connectivity index (χ0) is 32.6. The Morgan fingerprint density at radius 1 is 1.02 bits per heavy atom. The number of rotatable bonds is 11. The van der Waals surface area contributed by atoms with Crippen molar-refractivity contribution in [3.63, 3.8) is 0 Å². The van der Waals surface area contributed by atoms with E-state index in [0.29, 0.717) is 38.5 Å². The van der Waals surface area contributed by atoms with Crippen molar-refractivity contribution < 1.29 is 44.3 Å². The summed E-state index contributed by atoms with van der Waals surface area (Å²) in [7, 11) is -4.11. The molecule has 1 aromatic carbocycles. The minimum atomic E-state index is -5.06. The molecule has 1 saturated carbocycles. The van der Waals surface area contributed by atoms with E-state index in [1.165, 1.54) is 4.68 Å². The molecule has 1 unspecified atom stereocenters. The third-order valence-corrected chi connectivity index (χ3v) is 10.4. The molecule has 1 aromatic heterocycles. The number of amides is 2. The number of halogens is 6. The predicted molar refractivity (Wildman–Crippen MR) is 152 cm³/mol. The average Bonchev–Trinajstić information content (AvgIpc) is 3.72. The summed E-state index contributed by atoms with van der Waals surface area (Å²) in [6.45, 7) is 0.147. The summed E-state index contributed by atoms with van der Waals surface area (Å²) in [6.07, 6.45) is -3.98. The molecule has 2 aliphatic carbocycles.